The van der Waals surface area contributed by atoms with Crippen molar-refractivity contribution in [3.8, 4) is 23.7 Å². The standard InChI is InChI=1S/C37H38N4O4/c42-35(43)30-23-33(40-36(44)38-31-15-7-13-28(21-31)19-17-26-9-3-1-4-10-26)25-34(24-30)41-37(45)39-32-16-8-14-29(22-32)20-18-27-11-5-2-6-12-27/h7-8,13-16,21-27H,1-6,9-12H2,(H,42,43)(H2,38,40,44)(H2,39,41,45). The molecular formula is C37H38N4O4. The Morgan fingerprint density at radius 1 is 0.556 bits per heavy atom. The number of hydrogen-bond acceptors (Lipinski definition) is 3. The average molecular weight is 603 g/mol. The Balaban J connectivity index is 1.20. The summed E-state index contributed by atoms with van der Waals surface area (Å²) < 4.78 is 0. The number of anilines is 4. The van der Waals surface area contributed by atoms with Gasteiger partial charge in [-0.2, -0.15) is 0 Å². The Labute approximate surface area is 264 Å². The van der Waals surface area contributed by atoms with Crippen molar-refractivity contribution in [3.05, 3.63) is 83.4 Å². The summed E-state index contributed by atoms with van der Waals surface area (Å²) >= 11 is 0. The van der Waals surface area contributed by atoms with Crippen LogP contribution in [0.1, 0.15) is 85.7 Å². The molecule has 0 aliphatic heterocycles. The van der Waals surface area contributed by atoms with Gasteiger partial charge in [0, 0.05) is 45.7 Å². The van der Waals surface area contributed by atoms with Gasteiger partial charge in [-0.3, -0.25) is 0 Å². The molecule has 3 aromatic rings. The number of hydrogen-bond donors (Lipinski definition) is 5. The molecule has 2 aliphatic carbocycles. The quantitative estimate of drug-likeness (QED) is 0.188. The number of nitrogens with one attached hydrogen (secondary N) is 4. The van der Waals surface area contributed by atoms with E-state index in [9.17, 15) is 19.5 Å². The second-order valence-corrected chi connectivity index (χ2v) is 11.6. The van der Waals surface area contributed by atoms with Crippen LogP contribution in [0.2, 0.25) is 0 Å². The normalized spacial score (nSPS) is 14.9. The maximum Gasteiger partial charge on any atom is 0.335 e. The van der Waals surface area contributed by atoms with Crippen LogP contribution in [0.25, 0.3) is 0 Å². The van der Waals surface area contributed by atoms with E-state index >= 15 is 0 Å². The lowest BCUT2D eigenvalue weighted by Gasteiger charge is -2.15. The highest BCUT2D eigenvalue weighted by atomic mass is 16.4. The first-order chi connectivity index (χ1) is 21.9. The Kier molecular flexibility index (Phi) is 10.8. The van der Waals surface area contributed by atoms with Gasteiger partial charge in [0.25, 0.3) is 0 Å². The molecule has 0 aromatic heterocycles. The molecule has 0 spiro atoms. The third-order valence-corrected chi connectivity index (χ3v) is 7.99. The number of benzene rings is 3. The van der Waals surface area contributed by atoms with Crippen molar-refractivity contribution >= 4 is 40.8 Å². The second-order valence-electron chi connectivity index (χ2n) is 11.6. The number of carbonyl (C=O) groups excluding carboxylic acids is 2. The van der Waals surface area contributed by atoms with Crippen LogP contribution in [0.4, 0.5) is 32.3 Å². The first-order valence-electron chi connectivity index (χ1n) is 15.7. The van der Waals surface area contributed by atoms with E-state index < -0.39 is 18.0 Å². The SMILES string of the molecule is O=C(Nc1cccc(C#CC2CCCCC2)c1)Nc1cc(NC(=O)Nc2cccc(C#CC3CCCCC3)c2)cc(C(=O)O)c1. The molecule has 5 N–H and O–H groups in total. The van der Waals surface area contributed by atoms with Gasteiger partial charge in [0.2, 0.25) is 0 Å². The molecule has 8 heteroatoms. The molecule has 2 saturated carbocycles. The van der Waals surface area contributed by atoms with Crippen LogP contribution in [-0.4, -0.2) is 23.1 Å². The molecule has 0 atom stereocenters. The maximum absolute atomic E-state index is 12.8. The van der Waals surface area contributed by atoms with Crippen molar-refractivity contribution in [2.75, 3.05) is 21.3 Å². The predicted octanol–water partition coefficient (Wildman–Crippen LogP) is 8.54. The van der Waals surface area contributed by atoms with Crippen LogP contribution in [0.3, 0.4) is 0 Å². The molecular weight excluding hydrogens is 564 g/mol. The number of carbonyl (C=O) groups is 3. The summed E-state index contributed by atoms with van der Waals surface area (Å²) in [6.07, 6.45) is 11.9. The maximum atomic E-state index is 12.8. The Bertz CT molecular complexity index is 1550. The highest BCUT2D eigenvalue weighted by Gasteiger charge is 2.13. The van der Waals surface area contributed by atoms with Crippen molar-refractivity contribution in [1.29, 1.82) is 0 Å². The zero-order valence-electron chi connectivity index (χ0n) is 25.2. The van der Waals surface area contributed by atoms with E-state index in [1.807, 2.05) is 24.3 Å². The molecule has 5 rings (SSSR count). The zero-order chi connectivity index (χ0) is 31.4. The minimum Gasteiger partial charge on any atom is -0.478 e. The Morgan fingerprint density at radius 2 is 0.978 bits per heavy atom. The van der Waals surface area contributed by atoms with Crippen LogP contribution in [0.15, 0.2) is 66.7 Å². The Hall–Kier alpha value is -5.21. The van der Waals surface area contributed by atoms with Gasteiger partial charge in [0.1, 0.15) is 0 Å². The van der Waals surface area contributed by atoms with Crippen LogP contribution in [0.5, 0.6) is 0 Å². The molecule has 2 fully saturated rings. The molecule has 8 nitrogen and oxygen atoms in total. The fourth-order valence-corrected chi connectivity index (χ4v) is 5.70. The van der Waals surface area contributed by atoms with E-state index in [1.165, 1.54) is 56.7 Å². The fourth-order valence-electron chi connectivity index (χ4n) is 5.70. The lowest BCUT2D eigenvalue weighted by Crippen LogP contribution is -2.21. The number of carboxylic acids is 1. The summed E-state index contributed by atoms with van der Waals surface area (Å²) in [6.45, 7) is 0. The summed E-state index contributed by atoms with van der Waals surface area (Å²) in [5, 5.41) is 20.5. The number of urea groups is 2. The van der Waals surface area contributed by atoms with Gasteiger partial charge in [0.05, 0.1) is 5.56 Å². The van der Waals surface area contributed by atoms with E-state index in [1.54, 1.807) is 24.3 Å². The molecule has 0 radical (unpaired) electrons. The highest BCUT2D eigenvalue weighted by Crippen LogP contribution is 2.25. The van der Waals surface area contributed by atoms with E-state index in [0.717, 1.165) is 36.8 Å². The van der Waals surface area contributed by atoms with Crippen molar-refractivity contribution < 1.29 is 19.5 Å². The van der Waals surface area contributed by atoms with Gasteiger partial charge < -0.3 is 26.4 Å². The lowest BCUT2D eigenvalue weighted by atomic mass is 9.90. The highest BCUT2D eigenvalue weighted by molar-refractivity contribution is 6.04. The molecule has 0 bridgehead atoms. The number of rotatable bonds is 5. The topological polar surface area (TPSA) is 120 Å². The smallest absolute Gasteiger partial charge is 0.335 e. The van der Waals surface area contributed by atoms with E-state index in [4.69, 9.17) is 0 Å². The van der Waals surface area contributed by atoms with Gasteiger partial charge in [0.15, 0.2) is 0 Å². The minimum absolute atomic E-state index is 0.0944. The molecule has 45 heavy (non-hydrogen) atoms. The third kappa shape index (κ3) is 9.91. The van der Waals surface area contributed by atoms with Gasteiger partial charge in [-0.05, 0) is 80.3 Å². The van der Waals surface area contributed by atoms with Gasteiger partial charge in [-0.15, -0.1) is 0 Å². The third-order valence-electron chi connectivity index (χ3n) is 7.99. The van der Waals surface area contributed by atoms with E-state index in [0.29, 0.717) is 23.2 Å². The van der Waals surface area contributed by atoms with Crippen molar-refractivity contribution in [1.82, 2.24) is 0 Å². The molecule has 3 aromatic carbocycles. The van der Waals surface area contributed by atoms with Crippen LogP contribution in [0, 0.1) is 35.5 Å². The summed E-state index contributed by atoms with van der Waals surface area (Å²) in [4.78, 5) is 37.5. The first kappa shape index (κ1) is 31.2. The lowest BCUT2D eigenvalue weighted by molar-refractivity contribution is 0.0697. The van der Waals surface area contributed by atoms with Crippen LogP contribution >= 0.6 is 0 Å². The van der Waals surface area contributed by atoms with Crippen molar-refractivity contribution in [2.24, 2.45) is 11.8 Å². The number of aromatic carboxylic acids is 1. The average Bonchev–Trinajstić information content (AvgIpc) is 3.04. The van der Waals surface area contributed by atoms with Gasteiger partial charge in [-0.1, -0.05) is 74.3 Å². The minimum atomic E-state index is -1.20. The van der Waals surface area contributed by atoms with Gasteiger partial charge in [-0.25, -0.2) is 14.4 Å². The van der Waals surface area contributed by atoms with Crippen LogP contribution in [-0.2, 0) is 0 Å². The first-order valence-corrected chi connectivity index (χ1v) is 15.7. The van der Waals surface area contributed by atoms with Gasteiger partial charge >= 0.3 is 18.0 Å². The second kappa shape index (κ2) is 15.5. The largest absolute Gasteiger partial charge is 0.478 e. The molecule has 0 unspecified atom stereocenters. The zero-order valence-corrected chi connectivity index (χ0v) is 25.2. The molecule has 0 heterocycles. The number of carboxylic acid groups (broad SMARTS) is 1. The fraction of sp³-hybridized carbons (Fsp3) is 0.324. The van der Waals surface area contributed by atoms with Crippen molar-refractivity contribution in [3.63, 3.8) is 0 Å². The molecule has 2 aliphatic rings. The number of amides is 4. The Morgan fingerprint density at radius 3 is 1.40 bits per heavy atom. The monoisotopic (exact) mass is 602 g/mol. The molecule has 0 saturated heterocycles. The van der Waals surface area contributed by atoms with Crippen LogP contribution < -0.4 is 21.3 Å². The summed E-state index contributed by atoms with van der Waals surface area (Å²) in [5.41, 5.74) is 3.05. The summed E-state index contributed by atoms with van der Waals surface area (Å²) in [7, 11) is 0. The molecule has 4 amide bonds. The molecule has 230 valence electrons. The summed E-state index contributed by atoms with van der Waals surface area (Å²) in [5.74, 6) is 12.8. The summed E-state index contributed by atoms with van der Waals surface area (Å²) in [6, 6.07) is 17.6. The predicted molar refractivity (Wildman–Crippen MR) is 178 cm³/mol. The van der Waals surface area contributed by atoms with E-state index in [2.05, 4.69) is 44.9 Å². The van der Waals surface area contributed by atoms with E-state index in [-0.39, 0.29) is 16.9 Å². The van der Waals surface area contributed by atoms with Crippen molar-refractivity contribution in [2.45, 2.75) is 64.2 Å².